The molecule has 5 nitrogen and oxygen atoms in total. The molecule has 4 bridgehead atoms. The molecule has 32 heavy (non-hydrogen) atoms. The average molecular weight is 477 g/mol. The van der Waals surface area contributed by atoms with Crippen molar-refractivity contribution in [1.82, 2.24) is 10.0 Å². The number of rotatable bonds is 6. The lowest BCUT2D eigenvalue weighted by Crippen LogP contribution is -2.62. The van der Waals surface area contributed by atoms with Crippen LogP contribution in [0.3, 0.4) is 0 Å². The quantitative estimate of drug-likeness (QED) is 0.605. The second-order valence-electron chi connectivity index (χ2n) is 10.2. The van der Waals surface area contributed by atoms with Crippen molar-refractivity contribution in [2.24, 2.45) is 23.7 Å². The van der Waals surface area contributed by atoms with Gasteiger partial charge in [-0.05, 0) is 93.4 Å². The van der Waals surface area contributed by atoms with Gasteiger partial charge in [-0.15, -0.1) is 0 Å². The Labute approximate surface area is 185 Å². The molecule has 0 spiro atoms. The van der Waals surface area contributed by atoms with Gasteiger partial charge in [0.15, 0.2) is 0 Å². The van der Waals surface area contributed by atoms with Crippen molar-refractivity contribution in [3.05, 3.63) is 29.3 Å². The maximum absolute atomic E-state index is 13.1. The van der Waals surface area contributed by atoms with E-state index in [9.17, 15) is 30.8 Å². The lowest BCUT2D eigenvalue weighted by atomic mass is 9.54. The van der Waals surface area contributed by atoms with Gasteiger partial charge in [0.25, 0.3) is 0 Å². The first kappa shape index (κ1) is 23.5. The maximum atomic E-state index is 13.1. The van der Waals surface area contributed by atoms with Gasteiger partial charge in [-0.25, -0.2) is 12.8 Å². The molecule has 0 atom stereocenters. The molecule has 0 aliphatic heterocycles. The van der Waals surface area contributed by atoms with Gasteiger partial charge in [-0.1, -0.05) is 0 Å². The van der Waals surface area contributed by atoms with E-state index in [1.165, 1.54) is 20.3 Å². The van der Waals surface area contributed by atoms with E-state index >= 15 is 0 Å². The van der Waals surface area contributed by atoms with Crippen molar-refractivity contribution in [3.8, 4) is 0 Å². The van der Waals surface area contributed by atoms with Crippen LogP contribution in [0.5, 0.6) is 0 Å². The van der Waals surface area contributed by atoms with Crippen molar-refractivity contribution in [2.45, 2.75) is 75.3 Å². The zero-order valence-electron chi connectivity index (χ0n) is 18.0. The van der Waals surface area contributed by atoms with Crippen LogP contribution >= 0.6 is 0 Å². The minimum Gasteiger partial charge on any atom is -0.351 e. The zero-order chi connectivity index (χ0) is 23.5. The van der Waals surface area contributed by atoms with Crippen LogP contribution in [-0.4, -0.2) is 25.9 Å². The number of benzene rings is 1. The second-order valence-corrected chi connectivity index (χ2v) is 11.8. The van der Waals surface area contributed by atoms with Crippen LogP contribution in [0.1, 0.15) is 57.1 Å². The predicted octanol–water partition coefficient (Wildman–Crippen LogP) is 4.17. The molecule has 0 heterocycles. The number of carbonyl (C=O) groups is 1. The van der Waals surface area contributed by atoms with E-state index < -0.39 is 50.3 Å². The summed E-state index contributed by atoms with van der Waals surface area (Å²) in [6, 6.07) is 1.87. The van der Waals surface area contributed by atoms with E-state index in [0.29, 0.717) is 35.8 Å². The first-order valence-electron chi connectivity index (χ1n) is 10.9. The Balaban J connectivity index is 1.51. The molecule has 4 aliphatic carbocycles. The second kappa shape index (κ2) is 7.97. The Morgan fingerprint density at radius 3 is 2.06 bits per heavy atom. The number of carbonyl (C=O) groups excluding carboxylic acids is 1. The van der Waals surface area contributed by atoms with Gasteiger partial charge in [0, 0.05) is 6.04 Å². The monoisotopic (exact) mass is 476 g/mol. The summed E-state index contributed by atoms with van der Waals surface area (Å²) in [5, 5.41) is 3.03. The number of hydrogen-bond donors (Lipinski definition) is 2. The summed E-state index contributed by atoms with van der Waals surface area (Å²) in [7, 11) is -4.52. The van der Waals surface area contributed by atoms with Gasteiger partial charge in [-0.2, -0.15) is 17.9 Å². The number of amides is 1. The molecule has 1 amide bonds. The molecular formula is C22H28F4N2O3S. The summed E-state index contributed by atoms with van der Waals surface area (Å²) < 4.78 is 80.4. The van der Waals surface area contributed by atoms with E-state index in [-0.39, 0.29) is 6.04 Å². The Kier molecular flexibility index (Phi) is 5.85. The third-order valence-electron chi connectivity index (χ3n) is 7.24. The standard InChI is InChI=1S/C22H28F4N2O3S/c1-21(2,20(29)27-19-15-4-12-3-13(6-15)7-16(19)5-12)28-32(30,31)18-9-14(11-23)8-17(10-18)22(24,25)26/h8-10,12-13,15-16,19,28H,3-7,11H2,1-2H3,(H,27,29). The summed E-state index contributed by atoms with van der Waals surface area (Å²) in [6.45, 7) is 1.50. The fraction of sp³-hybridized carbons (Fsp3) is 0.682. The average Bonchev–Trinajstić information content (AvgIpc) is 2.68. The molecule has 2 N–H and O–H groups in total. The van der Waals surface area contributed by atoms with Crippen LogP contribution in [0.25, 0.3) is 0 Å². The van der Waals surface area contributed by atoms with Crippen LogP contribution in [0.2, 0.25) is 0 Å². The Hall–Kier alpha value is -1.68. The SMILES string of the molecule is CC(C)(NS(=O)(=O)c1cc(CF)cc(C(F)(F)F)c1)C(=O)NC1C2CC3CC(C2)CC1C3. The first-order chi connectivity index (χ1) is 14.8. The van der Waals surface area contributed by atoms with E-state index in [4.69, 9.17) is 0 Å². The van der Waals surface area contributed by atoms with E-state index in [0.717, 1.165) is 31.7 Å². The van der Waals surface area contributed by atoms with Crippen molar-refractivity contribution in [1.29, 1.82) is 0 Å². The minimum atomic E-state index is -4.83. The Bertz CT molecular complexity index is 979. The lowest BCUT2D eigenvalue weighted by molar-refractivity contribution is -0.137. The number of nitrogens with one attached hydrogen (secondary N) is 2. The Morgan fingerprint density at radius 1 is 1.00 bits per heavy atom. The molecule has 4 aliphatic rings. The van der Waals surface area contributed by atoms with Crippen LogP contribution in [-0.2, 0) is 27.7 Å². The third-order valence-corrected chi connectivity index (χ3v) is 8.88. The first-order valence-corrected chi connectivity index (χ1v) is 12.4. The van der Waals surface area contributed by atoms with Crippen LogP contribution < -0.4 is 10.0 Å². The fourth-order valence-corrected chi connectivity index (χ4v) is 7.46. The van der Waals surface area contributed by atoms with Gasteiger partial charge >= 0.3 is 6.18 Å². The summed E-state index contributed by atoms with van der Waals surface area (Å²) in [4.78, 5) is 12.3. The molecule has 5 rings (SSSR count). The van der Waals surface area contributed by atoms with Crippen LogP contribution in [0, 0.1) is 23.7 Å². The summed E-state index contributed by atoms with van der Waals surface area (Å²) in [5.74, 6) is 1.68. The normalized spacial score (nSPS) is 29.9. The zero-order valence-corrected chi connectivity index (χ0v) is 18.8. The van der Waals surface area contributed by atoms with Crippen molar-refractivity contribution in [2.75, 3.05) is 0 Å². The predicted molar refractivity (Wildman–Crippen MR) is 110 cm³/mol. The van der Waals surface area contributed by atoms with E-state index in [1.807, 2.05) is 0 Å². The third kappa shape index (κ3) is 4.53. The van der Waals surface area contributed by atoms with Crippen molar-refractivity contribution in [3.63, 3.8) is 0 Å². The van der Waals surface area contributed by atoms with Crippen molar-refractivity contribution < 1.29 is 30.8 Å². The van der Waals surface area contributed by atoms with E-state index in [1.54, 1.807) is 0 Å². The largest absolute Gasteiger partial charge is 0.416 e. The van der Waals surface area contributed by atoms with E-state index in [2.05, 4.69) is 10.0 Å². The van der Waals surface area contributed by atoms with Crippen LogP contribution in [0.15, 0.2) is 23.1 Å². The topological polar surface area (TPSA) is 75.3 Å². The molecule has 0 unspecified atom stereocenters. The minimum absolute atomic E-state index is 0.00854. The van der Waals surface area contributed by atoms with Gasteiger partial charge < -0.3 is 5.32 Å². The number of alkyl halides is 4. The molecule has 10 heteroatoms. The summed E-state index contributed by atoms with van der Waals surface area (Å²) in [6.07, 6.45) is 0.708. The van der Waals surface area contributed by atoms with Crippen LogP contribution in [0.4, 0.5) is 17.6 Å². The summed E-state index contributed by atoms with van der Waals surface area (Å²) in [5.41, 5.74) is -3.27. The maximum Gasteiger partial charge on any atom is 0.416 e. The molecular weight excluding hydrogens is 448 g/mol. The van der Waals surface area contributed by atoms with Gasteiger partial charge in [-0.3, -0.25) is 4.79 Å². The Morgan fingerprint density at radius 2 is 1.56 bits per heavy atom. The number of hydrogen-bond acceptors (Lipinski definition) is 3. The highest BCUT2D eigenvalue weighted by molar-refractivity contribution is 7.89. The molecule has 0 radical (unpaired) electrons. The van der Waals surface area contributed by atoms with Gasteiger partial charge in [0.05, 0.1) is 10.5 Å². The highest BCUT2D eigenvalue weighted by atomic mass is 32.2. The molecule has 1 aromatic carbocycles. The molecule has 4 fully saturated rings. The summed E-state index contributed by atoms with van der Waals surface area (Å²) >= 11 is 0. The van der Waals surface area contributed by atoms with Crippen molar-refractivity contribution >= 4 is 15.9 Å². The fourth-order valence-electron chi connectivity index (χ4n) is 5.99. The number of halogens is 4. The van der Waals surface area contributed by atoms with Gasteiger partial charge in [0.2, 0.25) is 15.9 Å². The smallest absolute Gasteiger partial charge is 0.351 e. The molecule has 4 saturated carbocycles. The van der Waals surface area contributed by atoms with Gasteiger partial charge in [0.1, 0.15) is 12.2 Å². The highest BCUT2D eigenvalue weighted by Crippen LogP contribution is 2.53. The molecule has 0 aromatic heterocycles. The molecule has 1 aromatic rings. The molecule has 178 valence electrons. The highest BCUT2D eigenvalue weighted by Gasteiger charge is 2.49. The lowest BCUT2D eigenvalue weighted by Gasteiger charge is -2.54. The number of sulfonamides is 1. The molecule has 0 saturated heterocycles.